The molecule has 0 heterocycles. The summed E-state index contributed by atoms with van der Waals surface area (Å²) in [4.78, 5) is 4.66. The highest BCUT2D eigenvalue weighted by Gasteiger charge is 2.06. The first-order chi connectivity index (χ1) is 12.3. The van der Waals surface area contributed by atoms with Crippen LogP contribution >= 0.6 is 0 Å². The normalized spacial score (nSPS) is 12.4. The predicted octanol–water partition coefficient (Wildman–Crippen LogP) is 3.00. The molecule has 1 rings (SSSR count). The Morgan fingerprint density at radius 2 is 1.73 bits per heavy atom. The van der Waals surface area contributed by atoms with Gasteiger partial charge < -0.3 is 10.6 Å². The van der Waals surface area contributed by atoms with Crippen molar-refractivity contribution in [3.8, 4) is 0 Å². The molecule has 0 bridgehead atoms. The molecule has 0 aliphatic carbocycles. The van der Waals surface area contributed by atoms with Crippen molar-refractivity contribution in [1.82, 2.24) is 10.6 Å². The first-order valence-corrected chi connectivity index (χ1v) is 11.0. The smallest absolute Gasteiger partial charge is 0.238 e. The fraction of sp³-hybridized carbons (Fsp3) is 0.632. The van der Waals surface area contributed by atoms with Gasteiger partial charge in [0, 0.05) is 13.1 Å². The summed E-state index contributed by atoms with van der Waals surface area (Å²) in [5, 5.41) is 11.7. The van der Waals surface area contributed by atoms with Crippen molar-refractivity contribution in [2.45, 2.75) is 64.3 Å². The number of hydrogen-bond acceptors (Lipinski definition) is 3. The van der Waals surface area contributed by atoms with E-state index in [1.54, 1.807) is 12.1 Å². The number of nitrogens with one attached hydrogen (secondary N) is 2. The summed E-state index contributed by atoms with van der Waals surface area (Å²) in [7, 11) is -3.65. The summed E-state index contributed by atoms with van der Waals surface area (Å²) < 4.78 is 22.5. The second kappa shape index (κ2) is 11.9. The largest absolute Gasteiger partial charge is 0.357 e. The summed E-state index contributed by atoms with van der Waals surface area (Å²) in [6.07, 6.45) is 6.26. The van der Waals surface area contributed by atoms with Crippen LogP contribution in [-0.2, 0) is 16.6 Å². The Bertz CT molecular complexity index is 640. The maximum absolute atomic E-state index is 11.3. The van der Waals surface area contributed by atoms with Gasteiger partial charge in [-0.1, -0.05) is 51.7 Å². The number of primary sulfonamides is 1. The Morgan fingerprint density at radius 1 is 1.08 bits per heavy atom. The molecule has 0 aliphatic rings. The van der Waals surface area contributed by atoms with Gasteiger partial charge in [-0.25, -0.2) is 18.5 Å². The lowest BCUT2D eigenvalue weighted by atomic mass is 10.0. The summed E-state index contributed by atoms with van der Waals surface area (Å²) >= 11 is 0. The van der Waals surface area contributed by atoms with Crippen molar-refractivity contribution < 1.29 is 8.42 Å². The number of hydrogen-bond donors (Lipinski definition) is 3. The van der Waals surface area contributed by atoms with Gasteiger partial charge >= 0.3 is 0 Å². The molecule has 1 aromatic carbocycles. The highest BCUT2D eigenvalue weighted by molar-refractivity contribution is 7.89. The molecule has 6 nitrogen and oxygen atoms in total. The summed E-state index contributed by atoms with van der Waals surface area (Å²) in [6.45, 7) is 8.74. The van der Waals surface area contributed by atoms with Crippen LogP contribution < -0.4 is 15.8 Å². The Hall–Kier alpha value is -1.60. The zero-order chi connectivity index (χ0) is 19.4. The highest BCUT2D eigenvalue weighted by atomic mass is 32.2. The molecule has 0 atom stereocenters. The number of nitrogens with zero attached hydrogens (tertiary/aromatic N) is 1. The minimum Gasteiger partial charge on any atom is -0.357 e. The van der Waals surface area contributed by atoms with E-state index in [0.29, 0.717) is 6.54 Å². The summed E-state index contributed by atoms with van der Waals surface area (Å²) in [5.41, 5.74) is 0.934. The van der Waals surface area contributed by atoms with E-state index in [9.17, 15) is 8.42 Å². The Labute approximate surface area is 158 Å². The number of sulfonamides is 1. The molecule has 0 saturated carbocycles. The van der Waals surface area contributed by atoms with Gasteiger partial charge in [0.05, 0.1) is 11.4 Å². The third kappa shape index (κ3) is 9.77. The lowest BCUT2D eigenvalue weighted by Gasteiger charge is -2.11. The zero-order valence-electron chi connectivity index (χ0n) is 16.3. The van der Waals surface area contributed by atoms with E-state index in [4.69, 9.17) is 5.14 Å². The molecule has 26 heavy (non-hydrogen) atoms. The van der Waals surface area contributed by atoms with E-state index in [0.717, 1.165) is 37.0 Å². The SMILES string of the molecule is CCNC(=NCc1ccc(S(N)(=O)=O)cc1)NCCCCCCC(C)C. The average Bonchev–Trinajstić information content (AvgIpc) is 2.58. The minimum atomic E-state index is -3.65. The van der Waals surface area contributed by atoms with Gasteiger partial charge in [0.15, 0.2) is 5.96 Å². The van der Waals surface area contributed by atoms with Crippen LogP contribution in [0.2, 0.25) is 0 Å². The van der Waals surface area contributed by atoms with Crippen LogP contribution in [0.4, 0.5) is 0 Å². The van der Waals surface area contributed by atoms with Crippen molar-refractivity contribution in [1.29, 1.82) is 0 Å². The molecule has 0 fully saturated rings. The van der Waals surface area contributed by atoms with Crippen LogP contribution in [0.3, 0.4) is 0 Å². The quantitative estimate of drug-likeness (QED) is 0.311. The Morgan fingerprint density at radius 3 is 2.31 bits per heavy atom. The first-order valence-electron chi connectivity index (χ1n) is 9.47. The topological polar surface area (TPSA) is 96.6 Å². The van der Waals surface area contributed by atoms with Crippen molar-refractivity contribution in [3.05, 3.63) is 29.8 Å². The molecule has 1 aromatic rings. The predicted molar refractivity (Wildman–Crippen MR) is 109 cm³/mol. The number of unbranched alkanes of at least 4 members (excludes halogenated alkanes) is 3. The van der Waals surface area contributed by atoms with Crippen LogP contribution in [0.25, 0.3) is 0 Å². The molecule has 0 saturated heterocycles. The molecular formula is C19H34N4O2S. The van der Waals surface area contributed by atoms with Gasteiger partial charge in [-0.05, 0) is 37.0 Å². The zero-order valence-corrected chi connectivity index (χ0v) is 17.1. The second-order valence-electron chi connectivity index (χ2n) is 6.91. The molecule has 0 aromatic heterocycles. The number of nitrogens with two attached hydrogens (primary N) is 1. The van der Waals surface area contributed by atoms with E-state index in [1.165, 1.54) is 37.8 Å². The van der Waals surface area contributed by atoms with Crippen LogP contribution in [0.15, 0.2) is 34.2 Å². The van der Waals surface area contributed by atoms with E-state index < -0.39 is 10.0 Å². The Kier molecular flexibility index (Phi) is 10.3. The third-order valence-corrected chi connectivity index (χ3v) is 4.95. The molecule has 4 N–H and O–H groups in total. The van der Waals surface area contributed by atoms with Gasteiger partial charge in [0.1, 0.15) is 0 Å². The van der Waals surface area contributed by atoms with Gasteiger partial charge in [-0.3, -0.25) is 0 Å². The van der Waals surface area contributed by atoms with Crippen LogP contribution in [0, 0.1) is 5.92 Å². The van der Waals surface area contributed by atoms with E-state index >= 15 is 0 Å². The van der Waals surface area contributed by atoms with Crippen LogP contribution in [0.1, 0.15) is 58.4 Å². The van der Waals surface area contributed by atoms with Gasteiger partial charge in [0.2, 0.25) is 10.0 Å². The molecule has 0 unspecified atom stereocenters. The first kappa shape index (κ1) is 22.4. The average molecular weight is 383 g/mol. The van der Waals surface area contributed by atoms with E-state index in [1.807, 2.05) is 6.92 Å². The van der Waals surface area contributed by atoms with Crippen molar-refractivity contribution in [2.24, 2.45) is 16.0 Å². The van der Waals surface area contributed by atoms with Crippen LogP contribution in [-0.4, -0.2) is 27.5 Å². The third-order valence-electron chi connectivity index (χ3n) is 4.02. The molecule has 0 amide bonds. The lowest BCUT2D eigenvalue weighted by molar-refractivity contribution is 0.518. The maximum Gasteiger partial charge on any atom is 0.238 e. The van der Waals surface area contributed by atoms with E-state index in [-0.39, 0.29) is 4.90 Å². The Balaban J connectivity index is 2.41. The molecule has 0 aliphatic heterocycles. The van der Waals surface area contributed by atoms with Crippen molar-refractivity contribution >= 4 is 16.0 Å². The standard InChI is InChI=1S/C19H34N4O2S/c1-4-21-19(22-14-8-6-5-7-9-16(2)3)23-15-17-10-12-18(13-11-17)26(20,24)25/h10-13,16H,4-9,14-15H2,1-3H3,(H2,20,24,25)(H2,21,22,23). The fourth-order valence-corrected chi connectivity index (χ4v) is 3.05. The molecule has 0 spiro atoms. The second-order valence-corrected chi connectivity index (χ2v) is 8.47. The fourth-order valence-electron chi connectivity index (χ4n) is 2.53. The number of guanidine groups is 1. The molecular weight excluding hydrogens is 348 g/mol. The molecule has 0 radical (unpaired) electrons. The number of aliphatic imine (C=N–C) groups is 1. The van der Waals surface area contributed by atoms with Crippen molar-refractivity contribution in [3.63, 3.8) is 0 Å². The van der Waals surface area contributed by atoms with Gasteiger partial charge in [-0.15, -0.1) is 0 Å². The number of benzene rings is 1. The highest BCUT2D eigenvalue weighted by Crippen LogP contribution is 2.10. The maximum atomic E-state index is 11.3. The number of rotatable bonds is 11. The summed E-state index contributed by atoms with van der Waals surface area (Å²) in [6, 6.07) is 6.50. The van der Waals surface area contributed by atoms with Crippen molar-refractivity contribution in [2.75, 3.05) is 13.1 Å². The molecule has 7 heteroatoms. The lowest BCUT2D eigenvalue weighted by Crippen LogP contribution is -2.37. The van der Waals surface area contributed by atoms with Crippen LogP contribution in [0.5, 0.6) is 0 Å². The minimum absolute atomic E-state index is 0.118. The van der Waals surface area contributed by atoms with Gasteiger partial charge in [-0.2, -0.15) is 0 Å². The molecule has 148 valence electrons. The monoisotopic (exact) mass is 382 g/mol. The van der Waals surface area contributed by atoms with E-state index in [2.05, 4.69) is 29.5 Å². The summed E-state index contributed by atoms with van der Waals surface area (Å²) in [5.74, 6) is 1.57. The van der Waals surface area contributed by atoms with Gasteiger partial charge in [0.25, 0.3) is 0 Å².